The molecule has 4 rings (SSSR count). The van der Waals surface area contributed by atoms with Crippen LogP contribution in [-0.4, -0.2) is 61.9 Å². The van der Waals surface area contributed by atoms with Gasteiger partial charge in [-0.3, -0.25) is 24.3 Å². The molecule has 3 amide bonds. The first-order valence-electron chi connectivity index (χ1n) is 11.6. The van der Waals surface area contributed by atoms with Crippen molar-refractivity contribution in [2.75, 3.05) is 6.54 Å². The molecule has 0 saturated carbocycles. The van der Waals surface area contributed by atoms with E-state index < -0.39 is 40.8 Å². The number of halogens is 3. The van der Waals surface area contributed by atoms with Gasteiger partial charge in [0, 0.05) is 5.56 Å². The maximum Gasteiger partial charge on any atom is 0.352 e. The number of aliphatic imine (C=N–C) groups is 1. The summed E-state index contributed by atoms with van der Waals surface area (Å²) in [6.45, 7) is 2.85. The molecule has 5 N–H and O–H groups in total. The standard InChI is InChI=1S/C25H24Cl3N5O5S/c1-24(2)25(23(37)38,33-17(35)10-18(33)39-24)32-22(36)20(12-6-4-3-5-7-12)31-16(34)11-30-21(29)13-8-14(26)19(28)15(27)9-13/h3-9,18,20H,10-11H2,1-2H3,(H2,29,30)(H,31,34)(H,32,36)(H,37,38)/t18-,20?,25+/m1/s1. The van der Waals surface area contributed by atoms with E-state index in [-0.39, 0.29) is 38.6 Å². The zero-order valence-electron chi connectivity index (χ0n) is 20.7. The van der Waals surface area contributed by atoms with Crippen LogP contribution in [0.15, 0.2) is 47.5 Å². The number of amides is 3. The van der Waals surface area contributed by atoms with Gasteiger partial charge in [-0.15, -0.1) is 11.8 Å². The Bertz CT molecular complexity index is 1370. The van der Waals surface area contributed by atoms with E-state index in [1.165, 1.54) is 28.8 Å². The van der Waals surface area contributed by atoms with Crippen molar-refractivity contribution < 1.29 is 24.3 Å². The van der Waals surface area contributed by atoms with Gasteiger partial charge in [0.05, 0.1) is 31.6 Å². The highest BCUT2D eigenvalue weighted by atomic mass is 35.5. The molecule has 0 aromatic heterocycles. The van der Waals surface area contributed by atoms with Crippen LogP contribution in [0.3, 0.4) is 0 Å². The van der Waals surface area contributed by atoms with E-state index >= 15 is 0 Å². The first kappa shape index (κ1) is 29.0. The average Bonchev–Trinajstić information content (AvgIpc) is 3.06. The van der Waals surface area contributed by atoms with E-state index in [4.69, 9.17) is 40.5 Å². The summed E-state index contributed by atoms with van der Waals surface area (Å²) in [6, 6.07) is 9.90. The number of thioether (sulfide) groups is 1. The quantitative estimate of drug-likeness (QED) is 0.155. The molecule has 2 aromatic rings. The summed E-state index contributed by atoms with van der Waals surface area (Å²) in [7, 11) is 0. The minimum atomic E-state index is -2.01. The second-order valence-electron chi connectivity index (χ2n) is 9.42. The van der Waals surface area contributed by atoms with E-state index in [9.17, 15) is 24.3 Å². The molecule has 0 spiro atoms. The Morgan fingerprint density at radius 2 is 1.79 bits per heavy atom. The Balaban J connectivity index is 1.58. The largest absolute Gasteiger partial charge is 0.478 e. The van der Waals surface area contributed by atoms with Crippen LogP contribution in [0.2, 0.25) is 15.1 Å². The number of rotatable bonds is 8. The highest BCUT2D eigenvalue weighted by Crippen LogP contribution is 2.55. The summed E-state index contributed by atoms with van der Waals surface area (Å²) in [5, 5.41) is 15.5. The predicted molar refractivity (Wildman–Crippen MR) is 150 cm³/mol. The highest BCUT2D eigenvalue weighted by Gasteiger charge is 2.70. The van der Waals surface area contributed by atoms with Crippen molar-refractivity contribution >= 4 is 76.1 Å². The molecule has 0 aliphatic carbocycles. The third kappa shape index (κ3) is 5.28. The van der Waals surface area contributed by atoms with Crippen molar-refractivity contribution in [3.05, 3.63) is 68.7 Å². The first-order chi connectivity index (χ1) is 18.3. The van der Waals surface area contributed by atoms with Crippen LogP contribution in [0.5, 0.6) is 0 Å². The number of carbonyl (C=O) groups is 4. The molecular weight excluding hydrogens is 589 g/mol. The van der Waals surface area contributed by atoms with E-state index in [1.54, 1.807) is 44.2 Å². The van der Waals surface area contributed by atoms with Crippen molar-refractivity contribution in [3.63, 3.8) is 0 Å². The maximum atomic E-state index is 13.6. The Labute approximate surface area is 243 Å². The molecule has 2 fully saturated rings. The van der Waals surface area contributed by atoms with Gasteiger partial charge in [0.15, 0.2) is 0 Å². The lowest BCUT2D eigenvalue weighted by atomic mass is 9.89. The van der Waals surface area contributed by atoms with E-state index in [0.717, 1.165) is 0 Å². The molecule has 0 radical (unpaired) electrons. The number of hydrogen-bond donors (Lipinski definition) is 4. The molecular formula is C25H24Cl3N5O5S. The van der Waals surface area contributed by atoms with Gasteiger partial charge in [0.2, 0.25) is 23.4 Å². The number of aliphatic carboxylic acids is 1. The Kier molecular flexibility index (Phi) is 8.09. The van der Waals surface area contributed by atoms with Gasteiger partial charge in [0.1, 0.15) is 18.4 Å². The second kappa shape index (κ2) is 10.9. The van der Waals surface area contributed by atoms with Crippen molar-refractivity contribution in [2.24, 2.45) is 10.7 Å². The summed E-state index contributed by atoms with van der Waals surface area (Å²) in [6.07, 6.45) is 0.182. The van der Waals surface area contributed by atoms with Crippen LogP contribution in [-0.2, 0) is 19.2 Å². The third-order valence-corrected chi connectivity index (χ3v) is 9.29. The number of nitrogens with two attached hydrogens (primary N) is 1. The van der Waals surface area contributed by atoms with Crippen molar-refractivity contribution in [1.82, 2.24) is 15.5 Å². The Morgan fingerprint density at radius 1 is 1.18 bits per heavy atom. The summed E-state index contributed by atoms with van der Waals surface area (Å²) in [5.41, 5.74) is 4.72. The monoisotopic (exact) mass is 611 g/mol. The molecule has 10 nitrogen and oxygen atoms in total. The van der Waals surface area contributed by atoms with Crippen molar-refractivity contribution in [1.29, 1.82) is 0 Å². The lowest BCUT2D eigenvalue weighted by Gasteiger charge is -2.46. The number of carbonyl (C=O) groups excluding carboxylic acids is 3. The SMILES string of the molecule is CC1(C)S[C@@H]2CC(=O)N2[C@@]1(NC(=O)C(NC(=O)CN=C(N)c1cc(Cl)c(Cl)c(Cl)c1)c1ccccc1)C(=O)O. The summed E-state index contributed by atoms with van der Waals surface area (Å²) in [5.74, 6) is -3.27. The van der Waals surface area contributed by atoms with Crippen LogP contribution >= 0.6 is 46.6 Å². The number of nitrogens with one attached hydrogen (secondary N) is 2. The van der Waals surface area contributed by atoms with Gasteiger partial charge in [-0.2, -0.15) is 0 Å². The van der Waals surface area contributed by atoms with Gasteiger partial charge in [0.25, 0.3) is 0 Å². The molecule has 14 heteroatoms. The molecule has 2 aliphatic heterocycles. The fourth-order valence-electron chi connectivity index (χ4n) is 4.58. The number of nitrogens with zero attached hydrogens (tertiary/aromatic N) is 2. The van der Waals surface area contributed by atoms with Crippen LogP contribution in [0.4, 0.5) is 0 Å². The van der Waals surface area contributed by atoms with Crippen LogP contribution in [0.1, 0.15) is 37.4 Å². The summed E-state index contributed by atoms with van der Waals surface area (Å²) >= 11 is 19.3. The molecule has 3 atom stereocenters. The van der Waals surface area contributed by atoms with Gasteiger partial charge >= 0.3 is 5.97 Å². The summed E-state index contributed by atoms with van der Waals surface area (Å²) in [4.78, 5) is 56.8. The first-order valence-corrected chi connectivity index (χ1v) is 13.6. The van der Waals surface area contributed by atoms with Crippen molar-refractivity contribution in [2.45, 2.75) is 42.1 Å². The third-order valence-electron chi connectivity index (χ3n) is 6.56. The maximum absolute atomic E-state index is 13.6. The van der Waals surface area contributed by atoms with Gasteiger partial charge in [-0.05, 0) is 31.5 Å². The molecule has 0 bridgehead atoms. The van der Waals surface area contributed by atoms with Gasteiger partial charge in [-0.1, -0.05) is 65.1 Å². The molecule has 39 heavy (non-hydrogen) atoms. The normalized spacial score (nSPS) is 22.5. The van der Waals surface area contributed by atoms with Gasteiger partial charge in [-0.25, -0.2) is 4.79 Å². The molecule has 1 unspecified atom stereocenters. The highest BCUT2D eigenvalue weighted by molar-refractivity contribution is 8.01. The minimum absolute atomic E-state index is 0.0387. The van der Waals surface area contributed by atoms with Crippen LogP contribution in [0, 0.1) is 0 Å². The van der Waals surface area contributed by atoms with Crippen LogP contribution in [0.25, 0.3) is 0 Å². The number of carboxylic acids is 1. The zero-order chi connectivity index (χ0) is 28.7. The number of β-lactam (4-membered cyclic amide) rings is 1. The predicted octanol–water partition coefficient (Wildman–Crippen LogP) is 3.19. The lowest BCUT2D eigenvalue weighted by Crippen LogP contribution is -2.75. The van der Waals surface area contributed by atoms with Gasteiger partial charge < -0.3 is 21.5 Å². The molecule has 2 saturated heterocycles. The number of fused-ring (bicyclic) bond motifs is 1. The van der Waals surface area contributed by atoms with E-state index in [2.05, 4.69) is 15.6 Å². The van der Waals surface area contributed by atoms with Crippen molar-refractivity contribution in [3.8, 4) is 0 Å². The smallest absolute Gasteiger partial charge is 0.352 e. The molecule has 2 aromatic carbocycles. The minimum Gasteiger partial charge on any atom is -0.478 e. The fraction of sp³-hybridized carbons (Fsp3) is 0.320. The van der Waals surface area contributed by atoms with E-state index in [1.807, 2.05) is 0 Å². The average molecular weight is 613 g/mol. The molecule has 206 valence electrons. The Hall–Kier alpha value is -2.99. The summed E-state index contributed by atoms with van der Waals surface area (Å²) < 4.78 is -1.06. The van der Waals surface area contributed by atoms with Crippen LogP contribution < -0.4 is 16.4 Å². The zero-order valence-corrected chi connectivity index (χ0v) is 23.8. The Morgan fingerprint density at radius 3 is 2.36 bits per heavy atom. The molecule has 2 heterocycles. The number of amidine groups is 1. The second-order valence-corrected chi connectivity index (χ2v) is 12.4. The topological polar surface area (TPSA) is 154 Å². The number of carboxylic acid groups (broad SMARTS) is 1. The molecule has 2 aliphatic rings. The fourth-order valence-corrected chi connectivity index (χ4v) is 6.87. The number of hydrogen-bond acceptors (Lipinski definition) is 6. The van der Waals surface area contributed by atoms with E-state index in [0.29, 0.717) is 11.1 Å². The lowest BCUT2D eigenvalue weighted by molar-refractivity contribution is -0.173. The number of benzene rings is 2.